The van der Waals surface area contributed by atoms with E-state index in [4.69, 9.17) is 9.47 Å². The van der Waals surface area contributed by atoms with E-state index in [1.807, 2.05) is 30.6 Å². The number of methoxy groups -OCH3 is 2. The molecule has 1 N–H and O–H groups in total. The highest BCUT2D eigenvalue weighted by Gasteiger charge is 2.18. The van der Waals surface area contributed by atoms with Crippen LogP contribution in [0.25, 0.3) is 0 Å². The van der Waals surface area contributed by atoms with Gasteiger partial charge < -0.3 is 19.4 Å². The van der Waals surface area contributed by atoms with E-state index in [0.29, 0.717) is 23.6 Å². The monoisotopic (exact) mass is 364 g/mol. The summed E-state index contributed by atoms with van der Waals surface area (Å²) in [4.78, 5) is 12.8. The largest absolute Gasteiger partial charge is 0.497 e. The van der Waals surface area contributed by atoms with E-state index in [1.165, 1.54) is 5.56 Å². The number of nitrogens with zero attached hydrogens (tertiary/aromatic N) is 1. The Morgan fingerprint density at radius 2 is 1.67 bits per heavy atom. The fourth-order valence-corrected chi connectivity index (χ4v) is 3.10. The Bertz CT molecular complexity index is 881. The minimum Gasteiger partial charge on any atom is -0.497 e. The van der Waals surface area contributed by atoms with Crippen LogP contribution in [0.1, 0.15) is 23.6 Å². The van der Waals surface area contributed by atoms with Gasteiger partial charge in [-0.2, -0.15) is 0 Å². The second kappa shape index (κ2) is 8.45. The van der Waals surface area contributed by atoms with Gasteiger partial charge in [0.1, 0.15) is 11.5 Å². The van der Waals surface area contributed by atoms with Gasteiger partial charge in [-0.1, -0.05) is 29.8 Å². The molecule has 1 amide bonds. The summed E-state index contributed by atoms with van der Waals surface area (Å²) in [6, 6.07) is 17.4. The summed E-state index contributed by atoms with van der Waals surface area (Å²) in [6.07, 6.45) is 4.28. The van der Waals surface area contributed by atoms with Gasteiger partial charge >= 0.3 is 0 Å². The third-order valence-electron chi connectivity index (χ3n) is 4.43. The number of aryl methyl sites for hydroxylation is 1. The van der Waals surface area contributed by atoms with Crippen LogP contribution in [0.3, 0.4) is 0 Å². The minimum absolute atomic E-state index is 0.0765. The number of anilines is 1. The van der Waals surface area contributed by atoms with Crippen molar-refractivity contribution in [2.45, 2.75) is 19.4 Å². The molecule has 0 saturated heterocycles. The van der Waals surface area contributed by atoms with Crippen LogP contribution in [0.4, 0.5) is 5.69 Å². The Hall–Kier alpha value is -3.21. The zero-order valence-corrected chi connectivity index (χ0v) is 15.8. The van der Waals surface area contributed by atoms with Crippen molar-refractivity contribution >= 4 is 11.6 Å². The second-order valence-electron chi connectivity index (χ2n) is 6.41. The fraction of sp³-hybridized carbons (Fsp3) is 0.227. The molecule has 3 aromatic rings. The third-order valence-corrected chi connectivity index (χ3v) is 4.43. The minimum atomic E-state index is -0.0782. The van der Waals surface area contributed by atoms with E-state index in [2.05, 4.69) is 35.0 Å². The molecule has 0 radical (unpaired) electrons. The van der Waals surface area contributed by atoms with Crippen LogP contribution in [-0.4, -0.2) is 24.7 Å². The number of amides is 1. The first-order chi connectivity index (χ1) is 13.1. The van der Waals surface area contributed by atoms with E-state index < -0.39 is 0 Å². The van der Waals surface area contributed by atoms with Gasteiger partial charge in [0.25, 0.3) is 0 Å². The molecule has 0 aliphatic rings. The average molecular weight is 364 g/mol. The lowest BCUT2D eigenvalue weighted by atomic mass is 10.0. The number of hydrogen-bond donors (Lipinski definition) is 1. The first kappa shape index (κ1) is 18.6. The van der Waals surface area contributed by atoms with Crippen LogP contribution in [-0.2, 0) is 4.79 Å². The molecule has 0 aliphatic heterocycles. The maximum atomic E-state index is 12.8. The molecule has 1 aromatic heterocycles. The summed E-state index contributed by atoms with van der Waals surface area (Å²) in [5.74, 6) is 1.18. The van der Waals surface area contributed by atoms with Crippen LogP contribution < -0.4 is 14.8 Å². The van der Waals surface area contributed by atoms with Crippen LogP contribution in [0, 0.1) is 6.92 Å². The number of aromatic nitrogens is 1. The molecule has 3 rings (SSSR count). The predicted octanol–water partition coefficient (Wildman–Crippen LogP) is 4.43. The first-order valence-electron chi connectivity index (χ1n) is 8.81. The molecular weight excluding hydrogens is 340 g/mol. The summed E-state index contributed by atoms with van der Waals surface area (Å²) in [6.45, 7) is 2.05. The molecule has 5 nitrogen and oxygen atoms in total. The molecule has 0 spiro atoms. The number of carbonyl (C=O) groups is 1. The summed E-state index contributed by atoms with van der Waals surface area (Å²) in [5, 5.41) is 2.96. The molecule has 5 heteroatoms. The zero-order chi connectivity index (χ0) is 19.2. The number of benzene rings is 2. The van der Waals surface area contributed by atoms with Gasteiger partial charge in [0.2, 0.25) is 5.91 Å². The highest BCUT2D eigenvalue weighted by atomic mass is 16.5. The van der Waals surface area contributed by atoms with Crippen LogP contribution in [0.5, 0.6) is 11.5 Å². The van der Waals surface area contributed by atoms with Gasteiger partial charge in [0.05, 0.1) is 26.7 Å². The maximum Gasteiger partial charge on any atom is 0.226 e. The maximum absolute atomic E-state index is 12.8. The Morgan fingerprint density at radius 1 is 1.00 bits per heavy atom. The van der Waals surface area contributed by atoms with Crippen molar-refractivity contribution in [3.05, 3.63) is 78.1 Å². The molecule has 0 fully saturated rings. The molecule has 0 aliphatic carbocycles. The van der Waals surface area contributed by atoms with Crippen molar-refractivity contribution in [2.24, 2.45) is 0 Å². The smallest absolute Gasteiger partial charge is 0.226 e. The molecule has 1 atom stereocenters. The molecular formula is C22H24N2O3. The number of ether oxygens (including phenoxy) is 2. The molecule has 0 bridgehead atoms. The van der Waals surface area contributed by atoms with Gasteiger partial charge in [0, 0.05) is 36.3 Å². The number of rotatable bonds is 7. The predicted molar refractivity (Wildman–Crippen MR) is 107 cm³/mol. The Kier molecular flexibility index (Phi) is 5.81. The van der Waals surface area contributed by atoms with E-state index in [0.717, 1.165) is 5.56 Å². The second-order valence-corrected chi connectivity index (χ2v) is 6.41. The van der Waals surface area contributed by atoms with Crippen molar-refractivity contribution in [1.29, 1.82) is 0 Å². The summed E-state index contributed by atoms with van der Waals surface area (Å²) in [7, 11) is 3.17. The van der Waals surface area contributed by atoms with Crippen LogP contribution >= 0.6 is 0 Å². The Morgan fingerprint density at radius 3 is 2.26 bits per heavy atom. The quantitative estimate of drug-likeness (QED) is 0.675. The van der Waals surface area contributed by atoms with Crippen molar-refractivity contribution < 1.29 is 14.3 Å². The van der Waals surface area contributed by atoms with Crippen LogP contribution in [0.15, 0.2) is 67.0 Å². The molecule has 2 aromatic carbocycles. The van der Waals surface area contributed by atoms with Crippen molar-refractivity contribution in [2.75, 3.05) is 19.5 Å². The highest BCUT2D eigenvalue weighted by Crippen LogP contribution is 2.27. The summed E-state index contributed by atoms with van der Waals surface area (Å²) < 4.78 is 12.6. The number of nitrogens with one attached hydrogen (secondary N) is 1. The van der Waals surface area contributed by atoms with Crippen molar-refractivity contribution in [3.63, 3.8) is 0 Å². The standard InChI is InChI=1S/C22H24N2O3/c1-16-7-6-8-17(11-16)21(24-9-4-5-10-24)15-22(25)23-18-12-19(26-2)14-20(13-18)27-3/h4-14,21H,15H2,1-3H3,(H,23,25)/t21-/m1/s1. The molecule has 140 valence electrons. The average Bonchev–Trinajstić information content (AvgIpc) is 3.20. The zero-order valence-electron chi connectivity index (χ0n) is 15.8. The first-order valence-corrected chi connectivity index (χ1v) is 8.81. The molecule has 1 heterocycles. The Balaban J connectivity index is 1.81. The number of hydrogen-bond acceptors (Lipinski definition) is 3. The van der Waals surface area contributed by atoms with E-state index in [9.17, 15) is 4.79 Å². The third kappa shape index (κ3) is 4.70. The lowest BCUT2D eigenvalue weighted by Crippen LogP contribution is -2.19. The van der Waals surface area contributed by atoms with Gasteiger partial charge in [-0.3, -0.25) is 4.79 Å². The van der Waals surface area contributed by atoms with E-state index in [-0.39, 0.29) is 11.9 Å². The highest BCUT2D eigenvalue weighted by molar-refractivity contribution is 5.91. The van der Waals surface area contributed by atoms with Gasteiger partial charge in [-0.25, -0.2) is 0 Å². The van der Waals surface area contributed by atoms with Crippen molar-refractivity contribution in [1.82, 2.24) is 4.57 Å². The SMILES string of the molecule is COc1cc(NC(=O)C[C@H](c2cccc(C)c2)n2cccc2)cc(OC)c1. The lowest BCUT2D eigenvalue weighted by molar-refractivity contribution is -0.116. The molecule has 27 heavy (non-hydrogen) atoms. The normalized spacial score (nSPS) is 11.7. The fourth-order valence-electron chi connectivity index (χ4n) is 3.10. The topological polar surface area (TPSA) is 52.5 Å². The van der Waals surface area contributed by atoms with Crippen LogP contribution in [0.2, 0.25) is 0 Å². The van der Waals surface area contributed by atoms with Crippen molar-refractivity contribution in [3.8, 4) is 11.5 Å². The van der Waals surface area contributed by atoms with E-state index >= 15 is 0 Å². The molecule has 0 unspecified atom stereocenters. The van der Waals surface area contributed by atoms with Gasteiger partial charge in [-0.05, 0) is 24.6 Å². The van der Waals surface area contributed by atoms with Gasteiger partial charge in [0.15, 0.2) is 0 Å². The van der Waals surface area contributed by atoms with E-state index in [1.54, 1.807) is 32.4 Å². The lowest BCUT2D eigenvalue weighted by Gasteiger charge is -2.20. The number of carbonyl (C=O) groups excluding carboxylic acids is 1. The summed E-state index contributed by atoms with van der Waals surface area (Å²) in [5.41, 5.74) is 2.92. The molecule has 0 saturated carbocycles. The summed E-state index contributed by atoms with van der Waals surface area (Å²) >= 11 is 0. The Labute approximate surface area is 159 Å². The van der Waals surface area contributed by atoms with Gasteiger partial charge in [-0.15, -0.1) is 0 Å².